The second-order valence-electron chi connectivity index (χ2n) is 4.67. The molecule has 1 saturated heterocycles. The van der Waals surface area contributed by atoms with E-state index in [9.17, 15) is 14.7 Å². The summed E-state index contributed by atoms with van der Waals surface area (Å²) < 4.78 is 6.87. The molecule has 0 unspecified atom stereocenters. The van der Waals surface area contributed by atoms with Crippen LogP contribution in [0.4, 0.5) is 0 Å². The van der Waals surface area contributed by atoms with E-state index < -0.39 is 22.9 Å². The third-order valence-electron chi connectivity index (χ3n) is 3.35. The average Bonchev–Trinajstić information content (AvgIpc) is 2.79. The Bertz CT molecular complexity index is 574. The Balaban J connectivity index is 2.35. The fraction of sp³-hybridized carbons (Fsp3) is 0.500. The van der Waals surface area contributed by atoms with Gasteiger partial charge in [-0.15, -0.1) is 6.58 Å². The molecule has 98 valence electrons. The van der Waals surface area contributed by atoms with Gasteiger partial charge in [0.05, 0.1) is 13.2 Å². The van der Waals surface area contributed by atoms with Crippen LogP contribution in [0.15, 0.2) is 28.4 Å². The van der Waals surface area contributed by atoms with E-state index in [0.29, 0.717) is 18.6 Å². The summed E-state index contributed by atoms with van der Waals surface area (Å²) in [5.74, 6) is 0. The Hall–Kier alpha value is -1.66. The number of aromatic nitrogens is 2. The van der Waals surface area contributed by atoms with E-state index in [2.05, 4.69) is 11.6 Å². The Kier molecular flexibility index (Phi) is 3.23. The van der Waals surface area contributed by atoms with Gasteiger partial charge in [0.1, 0.15) is 6.23 Å². The average molecular weight is 252 g/mol. The lowest BCUT2D eigenvalue weighted by molar-refractivity contribution is 0.0443. The topological polar surface area (TPSA) is 84.3 Å². The molecule has 0 radical (unpaired) electrons. The van der Waals surface area contributed by atoms with Crippen LogP contribution >= 0.6 is 0 Å². The third kappa shape index (κ3) is 2.04. The highest BCUT2D eigenvalue weighted by atomic mass is 16.5. The third-order valence-corrected chi connectivity index (χ3v) is 3.35. The summed E-state index contributed by atoms with van der Waals surface area (Å²) in [6.07, 6.45) is 3.09. The maximum absolute atomic E-state index is 11.7. The first-order valence-corrected chi connectivity index (χ1v) is 5.69. The highest BCUT2D eigenvalue weighted by molar-refractivity contribution is 5.04. The fourth-order valence-electron chi connectivity index (χ4n) is 2.02. The molecule has 2 rings (SSSR count). The number of H-pyrrole nitrogens is 1. The molecule has 0 bridgehead atoms. The van der Waals surface area contributed by atoms with Crippen molar-refractivity contribution in [3.63, 3.8) is 0 Å². The molecular formula is C12H16N2O4. The number of aryl methyl sites for hydroxylation is 1. The number of nitrogens with zero attached hydrogens (tertiary/aromatic N) is 1. The minimum Gasteiger partial charge on any atom is -0.395 e. The largest absolute Gasteiger partial charge is 0.395 e. The lowest BCUT2D eigenvalue weighted by Crippen LogP contribution is -2.33. The first-order chi connectivity index (χ1) is 8.51. The van der Waals surface area contributed by atoms with Crippen LogP contribution < -0.4 is 11.2 Å². The maximum Gasteiger partial charge on any atom is 0.330 e. The quantitative estimate of drug-likeness (QED) is 0.737. The van der Waals surface area contributed by atoms with E-state index in [0.717, 1.165) is 0 Å². The molecule has 6 nitrogen and oxygen atoms in total. The van der Waals surface area contributed by atoms with Gasteiger partial charge < -0.3 is 9.84 Å². The van der Waals surface area contributed by atoms with E-state index in [1.807, 2.05) is 0 Å². The number of nitrogens with one attached hydrogen (secondary N) is 1. The molecule has 0 aliphatic carbocycles. The molecule has 1 aliphatic rings. The van der Waals surface area contributed by atoms with Crippen LogP contribution in [-0.4, -0.2) is 27.9 Å². The van der Waals surface area contributed by atoms with Gasteiger partial charge in [0.2, 0.25) is 0 Å². The summed E-state index contributed by atoms with van der Waals surface area (Å²) >= 11 is 0. The zero-order valence-electron chi connectivity index (χ0n) is 10.2. The van der Waals surface area contributed by atoms with E-state index in [4.69, 9.17) is 4.74 Å². The number of hydrogen-bond acceptors (Lipinski definition) is 4. The monoisotopic (exact) mass is 252 g/mol. The molecule has 1 aromatic heterocycles. The highest BCUT2D eigenvalue weighted by Gasteiger charge is 2.38. The molecule has 6 heteroatoms. The summed E-state index contributed by atoms with van der Waals surface area (Å²) in [7, 11) is 0. The van der Waals surface area contributed by atoms with Crippen molar-refractivity contribution in [3.05, 3.63) is 45.3 Å². The molecule has 1 fully saturated rings. The summed E-state index contributed by atoms with van der Waals surface area (Å²) in [5.41, 5.74) is -0.980. The smallest absolute Gasteiger partial charge is 0.330 e. The van der Waals surface area contributed by atoms with Crippen LogP contribution in [0.5, 0.6) is 0 Å². The standard InChI is InChI=1S/C12H16N2O4/c1-3-12(6-15)4-9(18-7-12)14-5-8(2)10(16)13-11(14)17/h3,5,9,15H,1,4,6-7H2,2H3,(H,13,16,17)/t9-,12-/m1/s1. The van der Waals surface area contributed by atoms with Crippen LogP contribution in [0.2, 0.25) is 0 Å². The zero-order valence-corrected chi connectivity index (χ0v) is 10.2. The van der Waals surface area contributed by atoms with Gasteiger partial charge in [-0.25, -0.2) is 4.79 Å². The molecule has 1 aromatic rings. The van der Waals surface area contributed by atoms with Crippen molar-refractivity contribution >= 4 is 0 Å². The van der Waals surface area contributed by atoms with Crippen LogP contribution in [-0.2, 0) is 4.74 Å². The Morgan fingerprint density at radius 1 is 1.72 bits per heavy atom. The second kappa shape index (κ2) is 4.55. The summed E-state index contributed by atoms with van der Waals surface area (Å²) in [6, 6.07) is 0. The van der Waals surface area contributed by atoms with Crippen molar-refractivity contribution in [3.8, 4) is 0 Å². The summed E-state index contributed by atoms with van der Waals surface area (Å²) in [6.45, 7) is 5.53. The van der Waals surface area contributed by atoms with Crippen molar-refractivity contribution in [2.75, 3.05) is 13.2 Å². The number of hydrogen-bond donors (Lipinski definition) is 2. The van der Waals surface area contributed by atoms with Gasteiger partial charge in [-0.1, -0.05) is 6.08 Å². The van der Waals surface area contributed by atoms with Crippen LogP contribution in [0.1, 0.15) is 18.2 Å². The van der Waals surface area contributed by atoms with Gasteiger partial charge in [-0.2, -0.15) is 0 Å². The number of aromatic amines is 1. The van der Waals surface area contributed by atoms with E-state index in [-0.39, 0.29) is 6.61 Å². The zero-order chi connectivity index (χ0) is 13.3. The molecule has 0 amide bonds. The molecule has 0 saturated carbocycles. The Morgan fingerprint density at radius 3 is 3.00 bits per heavy atom. The molecule has 18 heavy (non-hydrogen) atoms. The fourth-order valence-corrected chi connectivity index (χ4v) is 2.02. The number of ether oxygens (including phenoxy) is 1. The Labute approximate surface area is 104 Å². The van der Waals surface area contributed by atoms with Crippen LogP contribution in [0, 0.1) is 12.3 Å². The number of aliphatic hydroxyl groups excluding tert-OH is 1. The van der Waals surface area contributed by atoms with Crippen molar-refractivity contribution in [1.29, 1.82) is 0 Å². The van der Waals surface area contributed by atoms with Crippen LogP contribution in [0.3, 0.4) is 0 Å². The first-order valence-electron chi connectivity index (χ1n) is 5.69. The predicted molar refractivity (Wildman–Crippen MR) is 65.4 cm³/mol. The van der Waals surface area contributed by atoms with Crippen molar-refractivity contribution in [1.82, 2.24) is 9.55 Å². The molecule has 2 atom stereocenters. The van der Waals surface area contributed by atoms with Gasteiger partial charge in [-0.05, 0) is 6.92 Å². The molecule has 2 N–H and O–H groups in total. The number of aliphatic hydroxyl groups is 1. The minimum atomic E-state index is -0.520. The first kappa shape index (κ1) is 12.8. The van der Waals surface area contributed by atoms with Crippen LogP contribution in [0.25, 0.3) is 0 Å². The van der Waals surface area contributed by atoms with Gasteiger partial charge in [0, 0.05) is 23.6 Å². The minimum absolute atomic E-state index is 0.0793. The molecule has 0 spiro atoms. The van der Waals surface area contributed by atoms with Gasteiger partial charge in [0.25, 0.3) is 5.56 Å². The second-order valence-corrected chi connectivity index (χ2v) is 4.67. The molecule has 0 aromatic carbocycles. The summed E-state index contributed by atoms with van der Waals surface area (Å²) in [4.78, 5) is 25.2. The lowest BCUT2D eigenvalue weighted by atomic mass is 9.88. The van der Waals surface area contributed by atoms with E-state index in [1.165, 1.54) is 10.8 Å². The van der Waals surface area contributed by atoms with Crippen molar-refractivity contribution in [2.24, 2.45) is 5.41 Å². The van der Waals surface area contributed by atoms with Gasteiger partial charge in [-0.3, -0.25) is 14.3 Å². The molecule has 1 aliphatic heterocycles. The maximum atomic E-state index is 11.7. The normalized spacial score (nSPS) is 27.3. The van der Waals surface area contributed by atoms with Crippen molar-refractivity contribution in [2.45, 2.75) is 19.6 Å². The van der Waals surface area contributed by atoms with Crippen molar-refractivity contribution < 1.29 is 9.84 Å². The predicted octanol–water partition coefficient (Wildman–Crippen LogP) is -0.0714. The SMILES string of the molecule is C=C[C@@]1(CO)CO[C@@H](n2cc(C)c(=O)[nH]c2=O)C1. The van der Waals surface area contributed by atoms with E-state index >= 15 is 0 Å². The van der Waals surface area contributed by atoms with E-state index in [1.54, 1.807) is 13.0 Å². The highest BCUT2D eigenvalue weighted by Crippen LogP contribution is 2.37. The molecule has 2 heterocycles. The molecular weight excluding hydrogens is 236 g/mol. The summed E-state index contributed by atoms with van der Waals surface area (Å²) in [5, 5.41) is 9.35. The van der Waals surface area contributed by atoms with Gasteiger partial charge >= 0.3 is 5.69 Å². The van der Waals surface area contributed by atoms with Gasteiger partial charge in [0.15, 0.2) is 0 Å². The lowest BCUT2D eigenvalue weighted by Gasteiger charge is -2.19. The Morgan fingerprint density at radius 2 is 2.44 bits per heavy atom. The number of rotatable bonds is 3.